The molecule has 4 nitrogen and oxygen atoms in total. The Balaban J connectivity index is 1.50. The van der Waals surface area contributed by atoms with E-state index in [1.807, 2.05) is 19.1 Å². The molecule has 2 aliphatic heterocycles. The second-order valence-corrected chi connectivity index (χ2v) is 6.67. The standard InChI is InChI=1S/C16H19BrO4/c1-16(13-4-2-3-9-19-13)14(21-16)10-20-15(18)11-5-7-12(17)8-6-11/h5-8,13-14H,2-4,9-10H2,1H3/t13-,14-,16+/m0/s1. The summed E-state index contributed by atoms with van der Waals surface area (Å²) in [5, 5.41) is 0. The lowest BCUT2D eigenvalue weighted by Crippen LogP contribution is -2.35. The smallest absolute Gasteiger partial charge is 0.338 e. The van der Waals surface area contributed by atoms with Crippen molar-refractivity contribution in [1.29, 1.82) is 0 Å². The maximum absolute atomic E-state index is 12.0. The van der Waals surface area contributed by atoms with Gasteiger partial charge in [-0.2, -0.15) is 0 Å². The summed E-state index contributed by atoms with van der Waals surface area (Å²) in [5.41, 5.74) is 0.259. The first-order chi connectivity index (χ1) is 10.1. The lowest BCUT2D eigenvalue weighted by molar-refractivity contribution is -0.0288. The maximum Gasteiger partial charge on any atom is 0.338 e. The molecule has 2 aliphatic rings. The predicted molar refractivity (Wildman–Crippen MR) is 81.3 cm³/mol. The van der Waals surface area contributed by atoms with Crippen LogP contribution in [0.4, 0.5) is 0 Å². The van der Waals surface area contributed by atoms with Crippen LogP contribution in [0, 0.1) is 0 Å². The highest BCUT2D eigenvalue weighted by Gasteiger charge is 2.59. The average Bonchev–Trinajstić information content (AvgIpc) is 3.19. The first-order valence-corrected chi connectivity index (χ1v) is 8.11. The molecule has 2 heterocycles. The lowest BCUT2D eigenvalue weighted by Gasteiger charge is -2.26. The zero-order chi connectivity index (χ0) is 14.9. The van der Waals surface area contributed by atoms with E-state index in [1.165, 1.54) is 6.42 Å². The highest BCUT2D eigenvalue weighted by Crippen LogP contribution is 2.43. The van der Waals surface area contributed by atoms with Gasteiger partial charge < -0.3 is 14.2 Å². The second-order valence-electron chi connectivity index (χ2n) is 5.75. The number of benzene rings is 1. The molecule has 114 valence electrons. The highest BCUT2D eigenvalue weighted by molar-refractivity contribution is 9.10. The van der Waals surface area contributed by atoms with E-state index in [-0.39, 0.29) is 30.4 Å². The summed E-state index contributed by atoms with van der Waals surface area (Å²) in [7, 11) is 0. The van der Waals surface area contributed by atoms with E-state index in [1.54, 1.807) is 12.1 Å². The third-order valence-electron chi connectivity index (χ3n) is 4.24. The fourth-order valence-corrected chi connectivity index (χ4v) is 3.03. The van der Waals surface area contributed by atoms with Gasteiger partial charge in [0, 0.05) is 11.1 Å². The van der Waals surface area contributed by atoms with Crippen LogP contribution < -0.4 is 0 Å². The number of hydrogen-bond donors (Lipinski definition) is 0. The molecule has 1 aromatic carbocycles. The van der Waals surface area contributed by atoms with E-state index in [9.17, 15) is 4.79 Å². The van der Waals surface area contributed by atoms with Gasteiger partial charge in [-0.15, -0.1) is 0 Å². The van der Waals surface area contributed by atoms with Crippen LogP contribution in [-0.4, -0.2) is 37.0 Å². The van der Waals surface area contributed by atoms with Crippen LogP contribution in [0.2, 0.25) is 0 Å². The van der Waals surface area contributed by atoms with Gasteiger partial charge in [-0.3, -0.25) is 0 Å². The van der Waals surface area contributed by atoms with Crippen molar-refractivity contribution < 1.29 is 19.0 Å². The summed E-state index contributed by atoms with van der Waals surface area (Å²) in [6.07, 6.45) is 3.39. The third-order valence-corrected chi connectivity index (χ3v) is 4.77. The number of carbonyl (C=O) groups excluding carboxylic acids is 1. The average molecular weight is 355 g/mol. The fourth-order valence-electron chi connectivity index (χ4n) is 2.77. The largest absolute Gasteiger partial charge is 0.459 e. The van der Waals surface area contributed by atoms with Crippen molar-refractivity contribution in [3.63, 3.8) is 0 Å². The number of hydrogen-bond acceptors (Lipinski definition) is 4. The first-order valence-electron chi connectivity index (χ1n) is 7.32. The van der Waals surface area contributed by atoms with Crippen LogP contribution in [-0.2, 0) is 14.2 Å². The maximum atomic E-state index is 12.0. The molecule has 0 amide bonds. The van der Waals surface area contributed by atoms with E-state index in [0.29, 0.717) is 5.56 Å². The van der Waals surface area contributed by atoms with Crippen molar-refractivity contribution in [3.05, 3.63) is 34.3 Å². The Morgan fingerprint density at radius 3 is 2.81 bits per heavy atom. The second kappa shape index (κ2) is 6.07. The van der Waals surface area contributed by atoms with E-state index in [4.69, 9.17) is 14.2 Å². The number of ether oxygens (including phenoxy) is 3. The Labute approximate surface area is 132 Å². The molecule has 0 radical (unpaired) electrons. The molecule has 1 aromatic rings. The quantitative estimate of drug-likeness (QED) is 0.614. The molecule has 0 spiro atoms. The van der Waals surface area contributed by atoms with Gasteiger partial charge in [0.1, 0.15) is 18.3 Å². The molecule has 0 aromatic heterocycles. The molecule has 3 atom stereocenters. The minimum Gasteiger partial charge on any atom is -0.459 e. The minimum absolute atomic E-state index is 0.0556. The third kappa shape index (κ3) is 3.30. The van der Waals surface area contributed by atoms with Crippen molar-refractivity contribution >= 4 is 21.9 Å². The van der Waals surface area contributed by atoms with Gasteiger partial charge in [-0.1, -0.05) is 15.9 Å². The van der Waals surface area contributed by atoms with Crippen LogP contribution >= 0.6 is 15.9 Å². The molecular weight excluding hydrogens is 336 g/mol. The van der Waals surface area contributed by atoms with Crippen molar-refractivity contribution in [2.45, 2.75) is 44.0 Å². The van der Waals surface area contributed by atoms with E-state index >= 15 is 0 Å². The molecule has 2 fully saturated rings. The Kier molecular flexibility index (Phi) is 4.33. The van der Waals surface area contributed by atoms with E-state index < -0.39 is 0 Å². The lowest BCUT2D eigenvalue weighted by atomic mass is 9.94. The number of esters is 1. The van der Waals surface area contributed by atoms with Gasteiger partial charge in [0.25, 0.3) is 0 Å². The molecule has 21 heavy (non-hydrogen) atoms. The molecular formula is C16H19BrO4. The highest BCUT2D eigenvalue weighted by atomic mass is 79.9. The van der Waals surface area contributed by atoms with E-state index in [0.717, 1.165) is 23.9 Å². The Morgan fingerprint density at radius 1 is 1.38 bits per heavy atom. The molecule has 3 rings (SSSR count). The normalized spacial score (nSPS) is 31.7. The summed E-state index contributed by atoms with van der Waals surface area (Å²) >= 11 is 3.34. The van der Waals surface area contributed by atoms with Gasteiger partial charge >= 0.3 is 5.97 Å². The van der Waals surface area contributed by atoms with Crippen molar-refractivity contribution in [2.75, 3.05) is 13.2 Å². The van der Waals surface area contributed by atoms with Gasteiger partial charge in [0.05, 0.1) is 11.7 Å². The molecule has 0 bridgehead atoms. The number of halogens is 1. The number of carbonyl (C=O) groups is 1. The topological polar surface area (TPSA) is 48.1 Å². The van der Waals surface area contributed by atoms with Crippen molar-refractivity contribution in [3.8, 4) is 0 Å². The summed E-state index contributed by atoms with van der Waals surface area (Å²) < 4.78 is 17.8. The van der Waals surface area contributed by atoms with Gasteiger partial charge in [0.15, 0.2) is 0 Å². The molecule has 0 unspecified atom stereocenters. The molecule has 2 saturated heterocycles. The molecule has 0 saturated carbocycles. The number of rotatable bonds is 4. The molecule has 0 N–H and O–H groups in total. The molecule has 0 aliphatic carbocycles. The zero-order valence-electron chi connectivity index (χ0n) is 12.0. The Morgan fingerprint density at radius 2 is 2.14 bits per heavy atom. The van der Waals surface area contributed by atoms with Crippen molar-refractivity contribution in [2.24, 2.45) is 0 Å². The predicted octanol–water partition coefficient (Wildman–Crippen LogP) is 3.33. The van der Waals surface area contributed by atoms with Crippen LogP contribution in [0.3, 0.4) is 0 Å². The Hall–Kier alpha value is -0.910. The van der Waals surface area contributed by atoms with Crippen molar-refractivity contribution in [1.82, 2.24) is 0 Å². The van der Waals surface area contributed by atoms with Gasteiger partial charge in [-0.05, 0) is 50.5 Å². The van der Waals surface area contributed by atoms with Crippen LogP contribution in [0.1, 0.15) is 36.5 Å². The summed E-state index contributed by atoms with van der Waals surface area (Å²) in [6, 6.07) is 7.13. The van der Waals surface area contributed by atoms with Gasteiger partial charge in [-0.25, -0.2) is 4.79 Å². The number of epoxide rings is 1. The van der Waals surface area contributed by atoms with Crippen LogP contribution in [0.15, 0.2) is 28.7 Å². The summed E-state index contributed by atoms with van der Waals surface area (Å²) in [4.78, 5) is 12.0. The fraction of sp³-hybridized carbons (Fsp3) is 0.562. The molecule has 5 heteroatoms. The SMILES string of the molecule is C[C@]1([C@@H]2CCCCO2)O[C@H]1COC(=O)c1ccc(Br)cc1. The zero-order valence-corrected chi connectivity index (χ0v) is 13.6. The first kappa shape index (κ1) is 15.0. The van der Waals surface area contributed by atoms with E-state index in [2.05, 4.69) is 15.9 Å². The van der Waals surface area contributed by atoms with Gasteiger partial charge in [0.2, 0.25) is 0 Å². The van der Waals surface area contributed by atoms with Crippen LogP contribution in [0.5, 0.6) is 0 Å². The van der Waals surface area contributed by atoms with Crippen LogP contribution in [0.25, 0.3) is 0 Å². The summed E-state index contributed by atoms with van der Waals surface area (Å²) in [5.74, 6) is -0.315. The summed E-state index contributed by atoms with van der Waals surface area (Å²) in [6.45, 7) is 3.13. The monoisotopic (exact) mass is 354 g/mol. The Bertz CT molecular complexity index is 510. The minimum atomic E-state index is -0.315.